The Labute approximate surface area is 174 Å². The number of imidazole rings is 1. The van der Waals surface area contributed by atoms with E-state index < -0.39 is 0 Å². The monoisotopic (exact) mass is 403 g/mol. The molecule has 1 aliphatic rings. The number of benzene rings is 2. The van der Waals surface area contributed by atoms with Gasteiger partial charge in [0.1, 0.15) is 5.82 Å². The Morgan fingerprint density at radius 3 is 2.67 bits per heavy atom. The van der Waals surface area contributed by atoms with Gasteiger partial charge in [0.15, 0.2) is 11.5 Å². The van der Waals surface area contributed by atoms with Crippen LogP contribution in [0.1, 0.15) is 12.8 Å². The zero-order valence-electron chi connectivity index (χ0n) is 17.2. The van der Waals surface area contributed by atoms with Crippen molar-refractivity contribution < 1.29 is 9.47 Å². The molecule has 5 rings (SSSR count). The number of para-hydroxylation sites is 2. The van der Waals surface area contributed by atoms with Crippen LogP contribution in [0.3, 0.4) is 0 Å². The molecule has 0 saturated carbocycles. The van der Waals surface area contributed by atoms with Crippen LogP contribution in [-0.2, 0) is 0 Å². The van der Waals surface area contributed by atoms with E-state index in [0.29, 0.717) is 17.5 Å². The summed E-state index contributed by atoms with van der Waals surface area (Å²) in [5, 5.41) is 8.23. The van der Waals surface area contributed by atoms with E-state index in [1.54, 1.807) is 14.2 Å². The number of aromatic nitrogens is 3. The zero-order valence-corrected chi connectivity index (χ0v) is 17.2. The third kappa shape index (κ3) is 3.31. The number of methoxy groups -OCH3 is 2. The van der Waals surface area contributed by atoms with E-state index in [1.807, 2.05) is 42.6 Å². The van der Waals surface area contributed by atoms with E-state index in [1.165, 1.54) is 0 Å². The van der Waals surface area contributed by atoms with Crippen LogP contribution < -0.4 is 20.1 Å². The van der Waals surface area contributed by atoms with Gasteiger partial charge < -0.3 is 25.1 Å². The number of hydrogen-bond acceptors (Lipinski definition) is 6. The van der Waals surface area contributed by atoms with Gasteiger partial charge in [-0.2, -0.15) is 0 Å². The van der Waals surface area contributed by atoms with Gasteiger partial charge in [-0.3, -0.25) is 4.98 Å². The third-order valence-corrected chi connectivity index (χ3v) is 5.66. The van der Waals surface area contributed by atoms with E-state index in [-0.39, 0.29) is 0 Å². The summed E-state index contributed by atoms with van der Waals surface area (Å²) >= 11 is 0. The van der Waals surface area contributed by atoms with Crippen molar-refractivity contribution in [2.24, 2.45) is 0 Å². The number of rotatable bonds is 5. The van der Waals surface area contributed by atoms with Crippen molar-refractivity contribution in [3.05, 3.63) is 42.6 Å². The number of piperidine rings is 1. The molecule has 0 amide bonds. The molecule has 4 aromatic rings. The van der Waals surface area contributed by atoms with Gasteiger partial charge in [0, 0.05) is 30.2 Å². The molecule has 7 nitrogen and oxygen atoms in total. The largest absolute Gasteiger partial charge is 0.493 e. The maximum atomic E-state index is 5.57. The fourth-order valence-corrected chi connectivity index (χ4v) is 4.11. The number of pyridine rings is 1. The van der Waals surface area contributed by atoms with E-state index in [0.717, 1.165) is 64.9 Å². The van der Waals surface area contributed by atoms with Crippen LogP contribution >= 0.6 is 0 Å². The molecule has 7 heteroatoms. The van der Waals surface area contributed by atoms with Crippen LogP contribution in [0.2, 0.25) is 0 Å². The number of anilines is 1. The molecule has 1 unspecified atom stereocenters. The molecule has 3 heterocycles. The van der Waals surface area contributed by atoms with Gasteiger partial charge in [-0.25, -0.2) is 4.98 Å². The predicted molar refractivity (Wildman–Crippen MR) is 119 cm³/mol. The minimum Gasteiger partial charge on any atom is -0.493 e. The van der Waals surface area contributed by atoms with E-state index in [2.05, 4.69) is 15.6 Å². The van der Waals surface area contributed by atoms with Gasteiger partial charge in [-0.15, -0.1) is 0 Å². The molecule has 2 aromatic heterocycles. The smallest absolute Gasteiger partial charge is 0.162 e. The van der Waals surface area contributed by atoms with Crippen molar-refractivity contribution in [1.29, 1.82) is 0 Å². The molecule has 0 bridgehead atoms. The first kappa shape index (κ1) is 18.7. The number of aromatic amines is 1. The van der Waals surface area contributed by atoms with Crippen molar-refractivity contribution in [3.63, 3.8) is 0 Å². The van der Waals surface area contributed by atoms with Crippen molar-refractivity contribution in [3.8, 4) is 22.9 Å². The van der Waals surface area contributed by atoms with Crippen LogP contribution in [0.5, 0.6) is 11.5 Å². The number of hydrogen-bond donors (Lipinski definition) is 3. The lowest BCUT2D eigenvalue weighted by atomic mass is 10.0. The first-order chi connectivity index (χ1) is 14.8. The molecular formula is C23H25N5O2. The summed E-state index contributed by atoms with van der Waals surface area (Å²) in [6, 6.07) is 12.3. The summed E-state index contributed by atoms with van der Waals surface area (Å²) in [6.45, 7) is 1.99. The zero-order chi connectivity index (χ0) is 20.5. The topological polar surface area (TPSA) is 84.1 Å². The van der Waals surface area contributed by atoms with Crippen molar-refractivity contribution in [2.75, 3.05) is 32.6 Å². The highest BCUT2D eigenvalue weighted by molar-refractivity contribution is 6.00. The Balaban J connectivity index is 1.70. The lowest BCUT2D eigenvalue weighted by molar-refractivity contribution is 0.356. The number of nitrogens with one attached hydrogen (secondary N) is 3. The summed E-state index contributed by atoms with van der Waals surface area (Å²) in [4.78, 5) is 13.0. The van der Waals surface area contributed by atoms with Gasteiger partial charge in [-0.1, -0.05) is 12.1 Å². The average Bonchev–Trinajstić information content (AvgIpc) is 3.23. The summed E-state index contributed by atoms with van der Waals surface area (Å²) < 4.78 is 11.0. The molecule has 1 saturated heterocycles. The Morgan fingerprint density at radius 1 is 1.07 bits per heavy atom. The van der Waals surface area contributed by atoms with Crippen LogP contribution in [0, 0.1) is 0 Å². The normalized spacial score (nSPS) is 16.7. The summed E-state index contributed by atoms with van der Waals surface area (Å²) in [5.41, 5.74) is 4.74. The minimum atomic E-state index is 0.334. The second kappa shape index (κ2) is 7.84. The number of H-pyrrole nitrogens is 1. The summed E-state index contributed by atoms with van der Waals surface area (Å²) in [5.74, 6) is 2.14. The quantitative estimate of drug-likeness (QED) is 0.468. The van der Waals surface area contributed by atoms with Crippen molar-refractivity contribution in [2.45, 2.75) is 18.9 Å². The minimum absolute atomic E-state index is 0.334. The first-order valence-corrected chi connectivity index (χ1v) is 10.2. The molecule has 1 atom stereocenters. The lowest BCUT2D eigenvalue weighted by Gasteiger charge is -2.26. The molecular weight excluding hydrogens is 378 g/mol. The van der Waals surface area contributed by atoms with Crippen LogP contribution in [0.15, 0.2) is 42.6 Å². The van der Waals surface area contributed by atoms with Gasteiger partial charge >= 0.3 is 0 Å². The SMILES string of the molecule is COc1cc2ncc(-c3nc4ccccc4[nH]3)c(NC3CCCNC3)c2cc1OC. The second-order valence-corrected chi connectivity index (χ2v) is 7.56. The maximum Gasteiger partial charge on any atom is 0.162 e. The summed E-state index contributed by atoms with van der Waals surface area (Å²) in [6.07, 6.45) is 4.14. The molecule has 0 radical (unpaired) electrons. The second-order valence-electron chi connectivity index (χ2n) is 7.56. The average molecular weight is 403 g/mol. The van der Waals surface area contributed by atoms with Crippen LogP contribution in [0.4, 0.5) is 5.69 Å². The molecule has 1 aliphatic heterocycles. The van der Waals surface area contributed by atoms with E-state index in [4.69, 9.17) is 19.4 Å². The highest BCUT2D eigenvalue weighted by Gasteiger charge is 2.20. The maximum absolute atomic E-state index is 5.57. The molecule has 0 aliphatic carbocycles. The number of nitrogens with zero attached hydrogens (tertiary/aromatic N) is 2. The van der Waals surface area contributed by atoms with Gasteiger partial charge in [0.05, 0.1) is 42.0 Å². The Morgan fingerprint density at radius 2 is 1.90 bits per heavy atom. The Hall–Kier alpha value is -3.32. The van der Waals surface area contributed by atoms with Crippen LogP contribution in [-0.4, -0.2) is 48.3 Å². The molecule has 1 fully saturated rings. The lowest BCUT2D eigenvalue weighted by Crippen LogP contribution is -2.38. The highest BCUT2D eigenvalue weighted by atomic mass is 16.5. The van der Waals surface area contributed by atoms with Gasteiger partial charge in [-0.05, 0) is 37.6 Å². The van der Waals surface area contributed by atoms with Crippen LogP contribution in [0.25, 0.3) is 33.3 Å². The number of ether oxygens (including phenoxy) is 2. The van der Waals surface area contributed by atoms with Gasteiger partial charge in [0.25, 0.3) is 0 Å². The fourth-order valence-electron chi connectivity index (χ4n) is 4.11. The molecule has 0 spiro atoms. The molecule has 154 valence electrons. The molecule has 2 aromatic carbocycles. The van der Waals surface area contributed by atoms with Crippen molar-refractivity contribution >= 4 is 27.6 Å². The Kier molecular flexibility index (Phi) is 4.88. The predicted octanol–water partition coefficient (Wildman–Crippen LogP) is 3.96. The van der Waals surface area contributed by atoms with Crippen molar-refractivity contribution in [1.82, 2.24) is 20.3 Å². The Bertz CT molecular complexity index is 1160. The third-order valence-electron chi connectivity index (χ3n) is 5.66. The first-order valence-electron chi connectivity index (χ1n) is 10.2. The van der Waals surface area contributed by atoms with Gasteiger partial charge in [0.2, 0.25) is 0 Å². The summed E-state index contributed by atoms with van der Waals surface area (Å²) in [7, 11) is 3.29. The molecule has 3 N–H and O–H groups in total. The van der Waals surface area contributed by atoms with E-state index >= 15 is 0 Å². The fraction of sp³-hybridized carbons (Fsp3) is 0.304. The number of fused-ring (bicyclic) bond motifs is 2. The molecule has 30 heavy (non-hydrogen) atoms. The standard InChI is InChI=1S/C23H25N5O2/c1-29-20-10-15-19(11-21(20)30-2)25-13-16(22(15)26-14-6-5-9-24-12-14)23-27-17-7-3-4-8-18(17)28-23/h3-4,7-8,10-11,13-14,24H,5-6,9,12H2,1-2H3,(H,25,26)(H,27,28). The van der Waals surface area contributed by atoms with E-state index in [9.17, 15) is 0 Å². The highest BCUT2D eigenvalue weighted by Crippen LogP contribution is 2.39.